The van der Waals surface area contributed by atoms with Crippen molar-refractivity contribution < 1.29 is 9.90 Å². The summed E-state index contributed by atoms with van der Waals surface area (Å²) in [4.78, 5) is 20.8. The van der Waals surface area contributed by atoms with Crippen molar-refractivity contribution >= 4 is 17.6 Å². The van der Waals surface area contributed by atoms with Gasteiger partial charge in [0.15, 0.2) is 0 Å². The number of rotatable bonds is 3. The number of carbonyl (C=O) groups is 1. The highest BCUT2D eigenvalue weighted by Gasteiger charge is 2.10. The molecule has 1 aromatic carbocycles. The van der Waals surface area contributed by atoms with Crippen LogP contribution in [0.2, 0.25) is 0 Å². The van der Waals surface area contributed by atoms with Crippen LogP contribution < -0.4 is 10.7 Å². The zero-order valence-corrected chi connectivity index (χ0v) is 7.54. The number of carboxylic acid groups (broad SMARTS) is 1. The second kappa shape index (κ2) is 4.18. The summed E-state index contributed by atoms with van der Waals surface area (Å²) >= 11 is 0. The van der Waals surface area contributed by atoms with E-state index in [1.165, 1.54) is 24.3 Å². The zero-order valence-electron chi connectivity index (χ0n) is 7.54. The molecule has 0 radical (unpaired) electrons. The average Bonchev–Trinajstić information content (AvgIpc) is 2.19. The molecule has 4 N–H and O–H groups in total. The minimum absolute atomic E-state index is 0.0770. The third-order valence-electron chi connectivity index (χ3n) is 1.67. The fraction of sp³-hybridized carbons (Fsp3) is 0. The number of nitrogens with zero attached hydrogens (tertiary/aromatic N) is 2. The lowest BCUT2D eigenvalue weighted by Gasteiger charge is -2.11. The molecule has 78 valence electrons. The summed E-state index contributed by atoms with van der Waals surface area (Å²) < 4.78 is 0. The molecule has 0 unspecified atom stereocenters. The minimum atomic E-state index is -1.07. The van der Waals surface area contributed by atoms with Gasteiger partial charge in [0.1, 0.15) is 0 Å². The molecule has 0 spiro atoms. The Kier molecular flexibility index (Phi) is 2.97. The van der Waals surface area contributed by atoms with Gasteiger partial charge >= 0.3 is 5.97 Å². The second-order valence-electron chi connectivity index (χ2n) is 2.63. The van der Waals surface area contributed by atoms with Crippen LogP contribution in [-0.2, 0) is 0 Å². The van der Waals surface area contributed by atoms with E-state index in [4.69, 9.17) is 16.2 Å². The minimum Gasteiger partial charge on any atom is -0.478 e. The number of anilines is 1. The molecule has 0 amide bonds. The molecule has 15 heavy (non-hydrogen) atoms. The van der Waals surface area contributed by atoms with Gasteiger partial charge in [-0.05, 0) is 24.3 Å². The van der Waals surface area contributed by atoms with E-state index in [9.17, 15) is 9.70 Å². The summed E-state index contributed by atoms with van der Waals surface area (Å²) in [7, 11) is 0. The third kappa shape index (κ3) is 2.27. The van der Waals surface area contributed by atoms with E-state index in [1.807, 2.05) is 0 Å². The van der Waals surface area contributed by atoms with Crippen molar-refractivity contribution in [1.29, 1.82) is 5.41 Å². The Balaban J connectivity index is 3.02. The van der Waals surface area contributed by atoms with Gasteiger partial charge in [-0.3, -0.25) is 5.41 Å². The first-order valence-electron chi connectivity index (χ1n) is 3.87. The van der Waals surface area contributed by atoms with Crippen molar-refractivity contribution in [2.24, 2.45) is 11.0 Å². The van der Waals surface area contributed by atoms with Gasteiger partial charge in [-0.1, -0.05) is 0 Å². The maximum absolute atomic E-state index is 10.5. The van der Waals surface area contributed by atoms with Gasteiger partial charge in [-0.25, -0.2) is 4.79 Å². The fourth-order valence-electron chi connectivity index (χ4n) is 0.975. The molecule has 1 aromatic rings. The van der Waals surface area contributed by atoms with Crippen molar-refractivity contribution in [3.05, 3.63) is 34.7 Å². The number of guanidine groups is 1. The lowest BCUT2D eigenvalue weighted by atomic mass is 10.2. The highest BCUT2D eigenvalue weighted by Crippen LogP contribution is 2.15. The largest absolute Gasteiger partial charge is 0.478 e. The normalized spacial score (nSPS) is 9.33. The van der Waals surface area contributed by atoms with E-state index < -0.39 is 11.9 Å². The van der Waals surface area contributed by atoms with Crippen molar-refractivity contribution in [3.63, 3.8) is 0 Å². The van der Waals surface area contributed by atoms with Gasteiger partial charge < -0.3 is 10.8 Å². The summed E-state index contributed by atoms with van der Waals surface area (Å²) in [5.41, 5.74) is 5.39. The number of hydrogen-bond acceptors (Lipinski definition) is 4. The molecule has 0 saturated heterocycles. The Bertz CT molecular complexity index is 401. The molecule has 0 aromatic heterocycles. The lowest BCUT2D eigenvalue weighted by Crippen LogP contribution is -2.31. The molecule has 0 fully saturated rings. The number of carboxylic acids is 1. The van der Waals surface area contributed by atoms with Gasteiger partial charge in [0, 0.05) is 0 Å². The standard InChI is InChI=1S/C8H8N4O3/c9-8(10)12(11-15)6-3-1-5(2-4-6)7(13)14/h1-4H,(H3,9,10)(H,13,14). The first kappa shape index (κ1) is 10.6. The molecular weight excluding hydrogens is 200 g/mol. The molecule has 0 saturated carbocycles. The Morgan fingerprint density at radius 1 is 1.40 bits per heavy atom. The zero-order chi connectivity index (χ0) is 11.4. The summed E-state index contributed by atoms with van der Waals surface area (Å²) in [6.07, 6.45) is 0. The van der Waals surface area contributed by atoms with Crippen LogP contribution in [0, 0.1) is 10.3 Å². The van der Waals surface area contributed by atoms with Crippen molar-refractivity contribution in [2.45, 2.75) is 0 Å². The van der Waals surface area contributed by atoms with Gasteiger partial charge in [0.2, 0.25) is 5.96 Å². The molecule has 7 heteroatoms. The molecule has 0 heterocycles. The van der Waals surface area contributed by atoms with Crippen molar-refractivity contribution in [3.8, 4) is 0 Å². The quantitative estimate of drug-likeness (QED) is 0.293. The molecule has 1 rings (SSSR count). The maximum Gasteiger partial charge on any atom is 0.335 e. The molecule has 0 aliphatic heterocycles. The molecule has 0 atom stereocenters. The Morgan fingerprint density at radius 2 is 1.93 bits per heavy atom. The summed E-state index contributed by atoms with van der Waals surface area (Å²) in [5.74, 6) is -1.61. The molecule has 0 aliphatic rings. The van der Waals surface area contributed by atoms with E-state index in [0.29, 0.717) is 5.01 Å². The molecule has 7 nitrogen and oxygen atoms in total. The van der Waals surface area contributed by atoms with Crippen LogP contribution in [0.15, 0.2) is 29.6 Å². The molecule has 0 aliphatic carbocycles. The highest BCUT2D eigenvalue weighted by molar-refractivity contribution is 5.93. The van der Waals surface area contributed by atoms with Gasteiger partial charge in [-0.15, -0.1) is 4.91 Å². The van der Waals surface area contributed by atoms with Crippen LogP contribution in [-0.4, -0.2) is 17.0 Å². The highest BCUT2D eigenvalue weighted by atomic mass is 16.4. The summed E-state index contributed by atoms with van der Waals surface area (Å²) in [6.45, 7) is 0. The molecular formula is C8H8N4O3. The topological polar surface area (TPSA) is 120 Å². The summed E-state index contributed by atoms with van der Waals surface area (Å²) in [6, 6.07) is 5.26. The first-order chi connectivity index (χ1) is 7.06. The van der Waals surface area contributed by atoms with Crippen LogP contribution >= 0.6 is 0 Å². The lowest BCUT2D eigenvalue weighted by molar-refractivity contribution is 0.0697. The Hall–Kier alpha value is -2.44. The van der Waals surface area contributed by atoms with E-state index in [-0.39, 0.29) is 11.3 Å². The van der Waals surface area contributed by atoms with Crippen molar-refractivity contribution in [2.75, 3.05) is 5.01 Å². The SMILES string of the molecule is N=C(N)N(N=O)c1ccc(C(=O)O)cc1. The molecule has 0 bridgehead atoms. The average molecular weight is 208 g/mol. The number of nitrogens with one attached hydrogen (secondary N) is 1. The van der Waals surface area contributed by atoms with Crippen LogP contribution in [0.1, 0.15) is 10.4 Å². The number of nitroso groups, excluding NO2 is 1. The predicted octanol–water partition coefficient (Wildman–Crippen LogP) is 0.766. The number of nitrogens with two attached hydrogens (primary N) is 1. The smallest absolute Gasteiger partial charge is 0.335 e. The van der Waals surface area contributed by atoms with Crippen molar-refractivity contribution in [1.82, 2.24) is 0 Å². The van der Waals surface area contributed by atoms with Crippen LogP contribution in [0.25, 0.3) is 0 Å². The van der Waals surface area contributed by atoms with Crippen LogP contribution in [0.4, 0.5) is 5.69 Å². The number of aromatic carboxylic acids is 1. The summed E-state index contributed by atoms with van der Waals surface area (Å²) in [5, 5.41) is 18.8. The van der Waals surface area contributed by atoms with E-state index >= 15 is 0 Å². The van der Waals surface area contributed by atoms with Crippen LogP contribution in [0.3, 0.4) is 0 Å². The Labute approximate surface area is 84.6 Å². The maximum atomic E-state index is 10.5. The first-order valence-corrected chi connectivity index (χ1v) is 3.87. The van der Waals surface area contributed by atoms with Gasteiger partial charge in [-0.2, -0.15) is 5.01 Å². The fourth-order valence-corrected chi connectivity index (χ4v) is 0.975. The van der Waals surface area contributed by atoms with E-state index in [1.54, 1.807) is 0 Å². The van der Waals surface area contributed by atoms with E-state index in [2.05, 4.69) is 5.29 Å². The van der Waals surface area contributed by atoms with Crippen LogP contribution in [0.5, 0.6) is 0 Å². The van der Waals surface area contributed by atoms with Gasteiger partial charge in [0.05, 0.1) is 16.5 Å². The monoisotopic (exact) mass is 208 g/mol. The second-order valence-corrected chi connectivity index (χ2v) is 2.63. The predicted molar refractivity (Wildman–Crippen MR) is 53.6 cm³/mol. The number of benzene rings is 1. The third-order valence-corrected chi connectivity index (χ3v) is 1.67. The number of hydrogen-bond donors (Lipinski definition) is 3. The van der Waals surface area contributed by atoms with E-state index in [0.717, 1.165) is 0 Å². The Morgan fingerprint density at radius 3 is 2.27 bits per heavy atom. The van der Waals surface area contributed by atoms with Gasteiger partial charge in [0.25, 0.3) is 0 Å².